The largest absolute Gasteiger partial charge is 0.135 e. The molecule has 100 valence electrons. The summed E-state index contributed by atoms with van der Waals surface area (Å²) in [6.07, 6.45) is 3.71. The zero-order valence-electron chi connectivity index (χ0n) is 12.3. The van der Waals surface area contributed by atoms with Crippen molar-refractivity contribution in [3.05, 3.63) is 39.8 Å². The average Bonchev–Trinajstić information content (AvgIpc) is 2.88. The summed E-state index contributed by atoms with van der Waals surface area (Å²) in [7, 11) is 0. The van der Waals surface area contributed by atoms with Gasteiger partial charge in [-0.3, -0.25) is 0 Å². The van der Waals surface area contributed by atoms with Crippen molar-refractivity contribution in [2.24, 2.45) is 0 Å². The summed E-state index contributed by atoms with van der Waals surface area (Å²) in [5, 5.41) is 1.49. The number of thiophene rings is 1. The van der Waals surface area contributed by atoms with Crippen molar-refractivity contribution in [2.45, 2.75) is 52.9 Å². The van der Waals surface area contributed by atoms with Crippen LogP contribution in [-0.2, 0) is 6.42 Å². The Morgan fingerprint density at radius 3 is 2.79 bits per heavy atom. The fourth-order valence-electron chi connectivity index (χ4n) is 3.14. The molecule has 0 nitrogen and oxygen atoms in total. The van der Waals surface area contributed by atoms with Gasteiger partial charge in [-0.15, -0.1) is 11.3 Å². The van der Waals surface area contributed by atoms with Crippen LogP contribution in [0.1, 0.15) is 62.5 Å². The van der Waals surface area contributed by atoms with Crippen molar-refractivity contribution in [2.75, 3.05) is 0 Å². The van der Waals surface area contributed by atoms with Crippen LogP contribution in [0.3, 0.4) is 0 Å². The topological polar surface area (TPSA) is 0 Å². The Balaban J connectivity index is 2.07. The van der Waals surface area contributed by atoms with Crippen LogP contribution in [0.15, 0.2) is 23.8 Å². The van der Waals surface area contributed by atoms with Crippen molar-refractivity contribution >= 4 is 27.0 Å². The number of fused-ring (bicyclic) bond motifs is 3. The van der Waals surface area contributed by atoms with E-state index in [0.717, 1.165) is 6.42 Å². The first kappa shape index (κ1) is 12.9. The Morgan fingerprint density at radius 2 is 2.05 bits per heavy atom. The zero-order chi connectivity index (χ0) is 13.6. The molecule has 1 atom stereocenters. The Labute approximate surface area is 120 Å². The fourth-order valence-corrected chi connectivity index (χ4v) is 4.49. The fraction of sp³-hybridized carbons (Fsp3) is 0.444. The Bertz CT molecular complexity index is 658. The lowest BCUT2D eigenvalue weighted by Crippen LogP contribution is -1.92. The molecule has 1 unspecified atom stereocenters. The van der Waals surface area contributed by atoms with Crippen molar-refractivity contribution in [1.29, 1.82) is 0 Å². The molecule has 1 aromatic carbocycles. The first-order valence-electron chi connectivity index (χ1n) is 7.33. The molecule has 0 fully saturated rings. The summed E-state index contributed by atoms with van der Waals surface area (Å²) < 4.78 is 1.48. The second-order valence-electron chi connectivity index (χ2n) is 5.94. The van der Waals surface area contributed by atoms with E-state index in [1.54, 1.807) is 11.1 Å². The van der Waals surface area contributed by atoms with E-state index in [4.69, 9.17) is 0 Å². The number of benzene rings is 1. The van der Waals surface area contributed by atoms with Gasteiger partial charge in [0.2, 0.25) is 0 Å². The Hall–Kier alpha value is -1.08. The van der Waals surface area contributed by atoms with Crippen molar-refractivity contribution in [3.8, 4) is 0 Å². The van der Waals surface area contributed by atoms with E-state index >= 15 is 0 Å². The van der Waals surface area contributed by atoms with E-state index in [1.807, 2.05) is 11.3 Å². The van der Waals surface area contributed by atoms with Gasteiger partial charge < -0.3 is 0 Å². The van der Waals surface area contributed by atoms with Crippen molar-refractivity contribution in [3.63, 3.8) is 0 Å². The molecule has 1 aliphatic rings. The Morgan fingerprint density at radius 1 is 1.26 bits per heavy atom. The lowest BCUT2D eigenvalue weighted by molar-refractivity contribution is 0.666. The highest BCUT2D eigenvalue weighted by atomic mass is 32.1. The molecule has 0 spiro atoms. The minimum absolute atomic E-state index is 0.685. The molecule has 0 saturated heterocycles. The van der Waals surface area contributed by atoms with Gasteiger partial charge in [-0.1, -0.05) is 38.0 Å². The number of hydrogen-bond donors (Lipinski definition) is 0. The molecule has 1 heteroatoms. The van der Waals surface area contributed by atoms with Gasteiger partial charge in [-0.25, -0.2) is 0 Å². The number of rotatable bonds is 3. The third-order valence-corrected chi connectivity index (χ3v) is 5.84. The molecule has 0 saturated carbocycles. The highest BCUT2D eigenvalue weighted by molar-refractivity contribution is 7.20. The first-order chi connectivity index (χ1) is 9.11. The molecule has 0 aliphatic heterocycles. The van der Waals surface area contributed by atoms with Crippen molar-refractivity contribution < 1.29 is 0 Å². The summed E-state index contributed by atoms with van der Waals surface area (Å²) in [5.41, 5.74) is 6.14. The van der Waals surface area contributed by atoms with Gasteiger partial charge in [0, 0.05) is 9.58 Å². The molecule has 1 heterocycles. The van der Waals surface area contributed by atoms with Gasteiger partial charge in [0.1, 0.15) is 0 Å². The van der Waals surface area contributed by atoms with E-state index in [1.165, 1.54) is 38.9 Å². The van der Waals surface area contributed by atoms with Gasteiger partial charge >= 0.3 is 0 Å². The molecule has 1 aliphatic carbocycles. The van der Waals surface area contributed by atoms with Crippen LogP contribution < -0.4 is 0 Å². The van der Waals surface area contributed by atoms with E-state index in [-0.39, 0.29) is 0 Å². The third-order valence-electron chi connectivity index (χ3n) is 4.53. The van der Waals surface area contributed by atoms with Crippen LogP contribution in [0.25, 0.3) is 15.7 Å². The Kier molecular flexibility index (Phi) is 3.26. The maximum atomic E-state index is 2.43. The van der Waals surface area contributed by atoms with Crippen molar-refractivity contribution in [1.82, 2.24) is 0 Å². The minimum Gasteiger partial charge on any atom is -0.135 e. The SMILES string of the molecule is CCCC(C)c1ccc2c3c(sc2c1)C(C)=C(C)C3. The third kappa shape index (κ3) is 2.04. The van der Waals surface area contributed by atoms with Crippen LogP contribution >= 0.6 is 11.3 Å². The molecule has 2 aromatic rings. The molecule has 3 rings (SSSR count). The summed E-state index contributed by atoms with van der Waals surface area (Å²) in [4.78, 5) is 1.53. The summed E-state index contributed by atoms with van der Waals surface area (Å²) in [6.45, 7) is 9.16. The standard InChI is InChI=1S/C18H22S/c1-5-6-11(2)14-7-8-15-16-9-12(3)13(4)18(16)19-17(15)10-14/h7-8,10-11H,5-6,9H2,1-4H3. The van der Waals surface area contributed by atoms with Gasteiger partial charge in [-0.05, 0) is 60.8 Å². The molecule has 1 aromatic heterocycles. The normalized spacial score (nSPS) is 16.2. The maximum Gasteiger partial charge on any atom is 0.0355 e. The lowest BCUT2D eigenvalue weighted by atomic mass is 9.95. The predicted octanol–water partition coefficient (Wildman–Crippen LogP) is 6.15. The van der Waals surface area contributed by atoms with E-state index in [2.05, 4.69) is 45.9 Å². The molecule has 0 radical (unpaired) electrons. The van der Waals surface area contributed by atoms with E-state index in [9.17, 15) is 0 Å². The highest BCUT2D eigenvalue weighted by Gasteiger charge is 2.21. The quantitative estimate of drug-likeness (QED) is 0.627. The molecular weight excluding hydrogens is 248 g/mol. The molecule has 0 N–H and O–H groups in total. The molecular formula is C18H22S. The highest BCUT2D eigenvalue weighted by Crippen LogP contribution is 2.43. The van der Waals surface area contributed by atoms with E-state index < -0.39 is 0 Å². The van der Waals surface area contributed by atoms with Gasteiger partial charge in [0.15, 0.2) is 0 Å². The molecule has 0 bridgehead atoms. The maximum absolute atomic E-state index is 2.43. The van der Waals surface area contributed by atoms with Gasteiger partial charge in [-0.2, -0.15) is 0 Å². The monoisotopic (exact) mass is 270 g/mol. The summed E-state index contributed by atoms with van der Waals surface area (Å²) >= 11 is 1.99. The van der Waals surface area contributed by atoms with Crippen LogP contribution in [-0.4, -0.2) is 0 Å². The summed E-state index contributed by atoms with van der Waals surface area (Å²) in [6, 6.07) is 7.14. The lowest BCUT2D eigenvalue weighted by Gasteiger charge is -2.10. The predicted molar refractivity (Wildman–Crippen MR) is 87.1 cm³/mol. The average molecular weight is 270 g/mol. The molecule has 0 amide bonds. The first-order valence-corrected chi connectivity index (χ1v) is 8.15. The second-order valence-corrected chi connectivity index (χ2v) is 6.99. The van der Waals surface area contributed by atoms with Gasteiger partial charge in [0.25, 0.3) is 0 Å². The second kappa shape index (κ2) is 4.79. The molecule has 19 heavy (non-hydrogen) atoms. The van der Waals surface area contributed by atoms with Crippen LogP contribution in [0.2, 0.25) is 0 Å². The zero-order valence-corrected chi connectivity index (χ0v) is 13.2. The minimum atomic E-state index is 0.685. The smallest absolute Gasteiger partial charge is 0.0355 e. The van der Waals surface area contributed by atoms with Crippen LogP contribution in [0.5, 0.6) is 0 Å². The van der Waals surface area contributed by atoms with Gasteiger partial charge in [0.05, 0.1) is 0 Å². The van der Waals surface area contributed by atoms with E-state index in [0.29, 0.717) is 5.92 Å². The van der Waals surface area contributed by atoms with Crippen LogP contribution in [0, 0.1) is 0 Å². The number of allylic oxidation sites excluding steroid dienone is 2. The van der Waals surface area contributed by atoms with Crippen LogP contribution in [0.4, 0.5) is 0 Å². The number of hydrogen-bond acceptors (Lipinski definition) is 1. The summed E-state index contributed by atoms with van der Waals surface area (Å²) in [5.74, 6) is 0.685.